The van der Waals surface area contributed by atoms with Gasteiger partial charge in [-0.2, -0.15) is 0 Å². The summed E-state index contributed by atoms with van der Waals surface area (Å²) in [7, 11) is 0. The van der Waals surface area contributed by atoms with E-state index in [1.807, 2.05) is 6.92 Å². The average Bonchev–Trinajstić information content (AvgIpc) is 3.30. The molecule has 1 aromatic carbocycles. The zero-order valence-electron chi connectivity index (χ0n) is 18.5. The first kappa shape index (κ1) is 26.0. The van der Waals surface area contributed by atoms with Crippen LogP contribution in [0.4, 0.5) is 13.2 Å². The minimum atomic E-state index is -4.68. The lowest BCUT2D eigenvalue weighted by molar-refractivity contribution is -0.274. The number of guanidine groups is 1. The van der Waals surface area contributed by atoms with Gasteiger partial charge < -0.3 is 19.9 Å². The van der Waals surface area contributed by atoms with Crippen molar-refractivity contribution in [2.75, 3.05) is 39.3 Å². The van der Waals surface area contributed by atoms with Gasteiger partial charge >= 0.3 is 6.36 Å². The fraction of sp³-hybridized carbons (Fsp3) is 0.682. The van der Waals surface area contributed by atoms with Gasteiger partial charge in [0.2, 0.25) is 0 Å². The van der Waals surface area contributed by atoms with Crippen molar-refractivity contribution in [3.05, 3.63) is 29.8 Å². The summed E-state index contributed by atoms with van der Waals surface area (Å²) in [6.07, 6.45) is -2.77. The Labute approximate surface area is 200 Å². The summed E-state index contributed by atoms with van der Waals surface area (Å²) in [6.45, 7) is 12.2. The van der Waals surface area contributed by atoms with E-state index < -0.39 is 6.36 Å². The van der Waals surface area contributed by atoms with E-state index in [0.717, 1.165) is 51.5 Å². The first-order valence-electron chi connectivity index (χ1n) is 11.0. The molecule has 9 heteroatoms. The van der Waals surface area contributed by atoms with Crippen molar-refractivity contribution in [3.8, 4) is 5.75 Å². The molecule has 0 bridgehead atoms. The molecule has 3 rings (SSSR count). The van der Waals surface area contributed by atoms with Crippen LogP contribution in [0.2, 0.25) is 0 Å². The number of ether oxygens (including phenoxy) is 1. The van der Waals surface area contributed by atoms with Crippen LogP contribution < -0.4 is 10.1 Å². The summed E-state index contributed by atoms with van der Waals surface area (Å²) in [5.41, 5.74) is 0.601. The highest BCUT2D eigenvalue weighted by atomic mass is 127. The fourth-order valence-corrected chi connectivity index (χ4v) is 4.28. The van der Waals surface area contributed by atoms with E-state index in [-0.39, 0.29) is 41.7 Å². The van der Waals surface area contributed by atoms with E-state index in [1.165, 1.54) is 6.07 Å². The lowest BCUT2D eigenvalue weighted by Gasteiger charge is -2.25. The van der Waals surface area contributed by atoms with E-state index >= 15 is 0 Å². The van der Waals surface area contributed by atoms with Gasteiger partial charge in [0.15, 0.2) is 5.96 Å². The van der Waals surface area contributed by atoms with E-state index in [0.29, 0.717) is 18.0 Å². The van der Waals surface area contributed by atoms with Gasteiger partial charge in [-0.05, 0) is 50.4 Å². The van der Waals surface area contributed by atoms with Crippen LogP contribution in [0, 0.1) is 5.92 Å². The van der Waals surface area contributed by atoms with Crippen LogP contribution in [0.25, 0.3) is 0 Å². The van der Waals surface area contributed by atoms with Crippen LogP contribution >= 0.6 is 24.0 Å². The summed E-state index contributed by atoms with van der Waals surface area (Å²) in [4.78, 5) is 9.40. The maximum Gasteiger partial charge on any atom is 0.573 e. The number of benzene rings is 1. The summed E-state index contributed by atoms with van der Waals surface area (Å²) >= 11 is 0. The Bertz CT molecular complexity index is 727. The van der Waals surface area contributed by atoms with Gasteiger partial charge in [0.25, 0.3) is 0 Å². The number of likely N-dealkylation sites (tertiary alicyclic amines) is 1. The summed E-state index contributed by atoms with van der Waals surface area (Å²) in [5, 5.41) is 3.50. The third-order valence-electron chi connectivity index (χ3n) is 5.95. The summed E-state index contributed by atoms with van der Waals surface area (Å²) in [6, 6.07) is 6.51. The highest BCUT2D eigenvalue weighted by Gasteiger charge is 2.43. The van der Waals surface area contributed by atoms with Crippen LogP contribution in [0.1, 0.15) is 45.1 Å². The molecule has 1 saturated heterocycles. The molecule has 3 atom stereocenters. The molecular weight excluding hydrogens is 520 g/mol. The predicted molar refractivity (Wildman–Crippen MR) is 128 cm³/mol. The summed E-state index contributed by atoms with van der Waals surface area (Å²) < 4.78 is 42.4. The zero-order chi connectivity index (χ0) is 21.7. The first-order chi connectivity index (χ1) is 14.3. The smallest absolute Gasteiger partial charge is 0.405 e. The van der Waals surface area contributed by atoms with Crippen LogP contribution in [-0.4, -0.2) is 67.4 Å². The Morgan fingerprint density at radius 1 is 1.23 bits per heavy atom. The molecule has 1 aliphatic carbocycles. The molecule has 1 saturated carbocycles. The molecular formula is C22H34F3IN4O. The van der Waals surface area contributed by atoms with Crippen LogP contribution in [0.3, 0.4) is 0 Å². The van der Waals surface area contributed by atoms with Crippen molar-refractivity contribution in [1.82, 2.24) is 15.1 Å². The molecule has 0 amide bonds. The van der Waals surface area contributed by atoms with E-state index in [1.54, 1.807) is 18.2 Å². The summed E-state index contributed by atoms with van der Waals surface area (Å²) in [5.74, 6) is 1.39. The zero-order valence-corrected chi connectivity index (χ0v) is 20.8. The van der Waals surface area contributed by atoms with Gasteiger partial charge in [0.1, 0.15) is 5.75 Å². The Hall–Kier alpha value is -1.23. The van der Waals surface area contributed by atoms with Gasteiger partial charge in [-0.15, -0.1) is 37.1 Å². The van der Waals surface area contributed by atoms with Crippen LogP contribution in [0.5, 0.6) is 5.75 Å². The number of nitrogens with zero attached hydrogens (tertiary/aromatic N) is 3. The molecule has 0 spiro atoms. The van der Waals surface area contributed by atoms with Crippen LogP contribution in [-0.2, 0) is 0 Å². The standard InChI is InChI=1S/C22H33F3N4O.HI/c1-4-26-21(29-12-11-16(15-29)14-28(5-2)6-3)27-19-13-18(19)17-9-7-8-10-20(17)30-22(23,24)25;/h7-10,16,18-19H,4-6,11-15H2,1-3H3,(H,26,27);1H. The van der Waals surface area contributed by atoms with Crippen molar-refractivity contribution < 1.29 is 17.9 Å². The molecule has 0 radical (unpaired) electrons. The number of rotatable bonds is 8. The van der Waals surface area contributed by atoms with E-state index in [2.05, 4.69) is 38.7 Å². The third kappa shape index (κ3) is 7.40. The Morgan fingerprint density at radius 3 is 2.58 bits per heavy atom. The van der Waals surface area contributed by atoms with Crippen molar-refractivity contribution in [1.29, 1.82) is 0 Å². The van der Waals surface area contributed by atoms with Crippen molar-refractivity contribution >= 4 is 29.9 Å². The highest BCUT2D eigenvalue weighted by Crippen LogP contribution is 2.45. The average molecular weight is 554 g/mol. The molecule has 5 nitrogen and oxygen atoms in total. The molecule has 2 aliphatic rings. The molecule has 176 valence electrons. The van der Waals surface area contributed by atoms with Gasteiger partial charge in [-0.3, -0.25) is 4.99 Å². The second-order valence-corrected chi connectivity index (χ2v) is 8.06. The molecule has 1 aliphatic heterocycles. The maximum absolute atomic E-state index is 12.7. The minimum Gasteiger partial charge on any atom is -0.405 e. The molecule has 0 aromatic heterocycles. The quantitative estimate of drug-likeness (QED) is 0.288. The second kappa shape index (κ2) is 11.6. The molecule has 1 N–H and O–H groups in total. The van der Waals surface area contributed by atoms with Gasteiger partial charge in [0.05, 0.1) is 0 Å². The molecule has 3 unspecified atom stereocenters. The third-order valence-corrected chi connectivity index (χ3v) is 5.95. The van der Waals surface area contributed by atoms with Crippen molar-refractivity contribution in [2.24, 2.45) is 10.9 Å². The topological polar surface area (TPSA) is 40.1 Å². The number of hydrogen-bond donors (Lipinski definition) is 1. The molecule has 1 heterocycles. The van der Waals surface area contributed by atoms with Crippen LogP contribution in [0.15, 0.2) is 29.3 Å². The molecule has 31 heavy (non-hydrogen) atoms. The monoisotopic (exact) mass is 554 g/mol. The Morgan fingerprint density at radius 2 is 1.94 bits per heavy atom. The van der Waals surface area contributed by atoms with Gasteiger partial charge in [-0.1, -0.05) is 32.0 Å². The number of para-hydroxylation sites is 1. The highest BCUT2D eigenvalue weighted by molar-refractivity contribution is 14.0. The maximum atomic E-state index is 12.7. The second-order valence-electron chi connectivity index (χ2n) is 8.06. The van der Waals surface area contributed by atoms with Crippen molar-refractivity contribution in [3.63, 3.8) is 0 Å². The first-order valence-corrected chi connectivity index (χ1v) is 11.0. The SMILES string of the molecule is CCN=C(NC1CC1c1ccccc1OC(F)(F)F)N1CCC(CN(CC)CC)C1.I. The normalized spacial score (nSPS) is 23.6. The Kier molecular flexibility index (Phi) is 9.72. The molecule has 2 fully saturated rings. The number of hydrogen-bond acceptors (Lipinski definition) is 3. The van der Waals surface area contributed by atoms with Gasteiger partial charge in [-0.25, -0.2) is 0 Å². The lowest BCUT2D eigenvalue weighted by atomic mass is 10.1. The fourth-order valence-electron chi connectivity index (χ4n) is 4.28. The predicted octanol–water partition coefficient (Wildman–Crippen LogP) is 4.69. The van der Waals surface area contributed by atoms with E-state index in [9.17, 15) is 13.2 Å². The van der Waals surface area contributed by atoms with E-state index in [4.69, 9.17) is 0 Å². The Balaban J connectivity index is 0.00000341. The van der Waals surface area contributed by atoms with Crippen molar-refractivity contribution in [2.45, 2.75) is 51.9 Å². The molecule has 1 aromatic rings. The minimum absolute atomic E-state index is 0. The number of halogens is 4. The largest absolute Gasteiger partial charge is 0.573 e. The number of alkyl halides is 3. The van der Waals surface area contributed by atoms with Gasteiger partial charge in [0, 0.05) is 38.1 Å². The number of aliphatic imine (C=N–C) groups is 1. The number of nitrogens with one attached hydrogen (secondary N) is 1. The lowest BCUT2D eigenvalue weighted by Crippen LogP contribution is -2.42.